The van der Waals surface area contributed by atoms with E-state index < -0.39 is 11.1 Å². The number of aryl methyl sites for hydroxylation is 1. The van der Waals surface area contributed by atoms with Crippen molar-refractivity contribution in [3.8, 4) is 0 Å². The van der Waals surface area contributed by atoms with Crippen molar-refractivity contribution in [1.29, 1.82) is 0 Å². The van der Waals surface area contributed by atoms with Crippen LogP contribution in [0, 0.1) is 5.92 Å². The standard InChI is InChI=1S/C35H51F2N6OSi/c1-38-19-5-6-22-43(31-13-7-9-27-10-8-20-40-32(27)31)26-30-25-42(24-21-39-30)23-18-35(45,29-11-3-2-4-12-29)41-33(44)28-14-16-34(36,37)17-15-28/h2-4,8,10-12,20,28,30-31,38-39H,5-7,9,13-19,21-26H2,1H3,(H,41,44)/t30-,31+,35?/m1/s1. The largest absolute Gasteiger partial charge is 0.350 e. The number of aromatic nitrogens is 1. The molecule has 5 rings (SSSR count). The van der Waals surface area contributed by atoms with E-state index in [2.05, 4.69) is 48.1 Å². The van der Waals surface area contributed by atoms with Crippen LogP contribution in [0.2, 0.25) is 0 Å². The molecule has 1 amide bonds. The van der Waals surface area contributed by atoms with Gasteiger partial charge in [0.1, 0.15) is 0 Å². The summed E-state index contributed by atoms with van der Waals surface area (Å²) in [5.41, 5.74) is 3.62. The van der Waals surface area contributed by atoms with Gasteiger partial charge >= 0.3 is 0 Å². The number of hydrogen-bond acceptors (Lipinski definition) is 6. The Kier molecular flexibility index (Phi) is 12.2. The molecule has 245 valence electrons. The second kappa shape index (κ2) is 16.0. The Morgan fingerprint density at radius 2 is 1.96 bits per heavy atom. The maximum absolute atomic E-state index is 13.8. The maximum Gasteiger partial charge on any atom is 0.248 e. The fraction of sp³-hybridized carbons (Fsp3) is 0.657. The summed E-state index contributed by atoms with van der Waals surface area (Å²) >= 11 is 0. The lowest BCUT2D eigenvalue weighted by molar-refractivity contribution is -0.130. The third kappa shape index (κ3) is 9.41. The minimum Gasteiger partial charge on any atom is -0.350 e. The molecule has 3 N–H and O–H groups in total. The second-order valence-electron chi connectivity index (χ2n) is 13.4. The van der Waals surface area contributed by atoms with E-state index in [1.807, 2.05) is 43.6 Å². The number of pyridine rings is 1. The lowest BCUT2D eigenvalue weighted by Gasteiger charge is -2.41. The Bertz CT molecular complexity index is 1210. The Morgan fingerprint density at radius 1 is 1.16 bits per heavy atom. The molecule has 3 atom stereocenters. The van der Waals surface area contributed by atoms with Crippen LogP contribution in [0.1, 0.15) is 80.7 Å². The average Bonchev–Trinajstić information content (AvgIpc) is 3.05. The van der Waals surface area contributed by atoms with Crippen LogP contribution in [0.3, 0.4) is 0 Å². The van der Waals surface area contributed by atoms with Gasteiger partial charge in [-0.05, 0) is 88.7 Å². The Morgan fingerprint density at radius 3 is 2.73 bits per heavy atom. The van der Waals surface area contributed by atoms with Gasteiger partial charge in [0.25, 0.3) is 0 Å². The van der Waals surface area contributed by atoms with Gasteiger partial charge in [-0.15, -0.1) is 0 Å². The van der Waals surface area contributed by atoms with Crippen molar-refractivity contribution in [2.75, 3.05) is 52.9 Å². The van der Waals surface area contributed by atoms with Gasteiger partial charge in [-0.25, -0.2) is 8.78 Å². The molecule has 10 heteroatoms. The molecule has 7 nitrogen and oxygen atoms in total. The Balaban J connectivity index is 1.23. The number of piperazine rings is 1. The summed E-state index contributed by atoms with van der Waals surface area (Å²) in [6.07, 6.45) is 8.38. The van der Waals surface area contributed by atoms with E-state index in [1.165, 1.54) is 17.7 Å². The minimum absolute atomic E-state index is 0.141. The number of amides is 1. The highest BCUT2D eigenvalue weighted by Gasteiger charge is 2.39. The van der Waals surface area contributed by atoms with Crippen molar-refractivity contribution in [1.82, 2.24) is 30.7 Å². The van der Waals surface area contributed by atoms with Crippen LogP contribution < -0.4 is 16.0 Å². The van der Waals surface area contributed by atoms with Crippen molar-refractivity contribution in [2.45, 2.75) is 87.4 Å². The summed E-state index contributed by atoms with van der Waals surface area (Å²) in [4.78, 5) is 23.4. The second-order valence-corrected chi connectivity index (χ2v) is 14.2. The number of carbonyl (C=O) groups is 1. The summed E-state index contributed by atoms with van der Waals surface area (Å²) in [7, 11) is 6.01. The molecule has 0 spiro atoms. The number of unbranched alkanes of at least 4 members (excludes halogenated alkanes) is 1. The van der Waals surface area contributed by atoms with E-state index in [4.69, 9.17) is 4.98 Å². The molecular formula is C35H51F2N6OSi. The first kappa shape index (κ1) is 34.1. The van der Waals surface area contributed by atoms with Gasteiger partial charge in [-0.2, -0.15) is 0 Å². The Labute approximate surface area is 271 Å². The molecule has 3 radical (unpaired) electrons. The maximum atomic E-state index is 13.8. The number of halogens is 2. The van der Waals surface area contributed by atoms with E-state index in [1.54, 1.807) is 0 Å². The normalized spacial score (nSPS) is 23.8. The van der Waals surface area contributed by atoms with Crippen molar-refractivity contribution >= 4 is 16.1 Å². The number of nitrogens with zero attached hydrogens (tertiary/aromatic N) is 3. The van der Waals surface area contributed by atoms with Crippen molar-refractivity contribution in [3.05, 3.63) is 65.5 Å². The fourth-order valence-electron chi connectivity index (χ4n) is 7.38. The first-order chi connectivity index (χ1) is 21.8. The number of hydrogen-bond donors (Lipinski definition) is 3. The third-order valence-corrected chi connectivity index (χ3v) is 10.7. The quantitative estimate of drug-likeness (QED) is 0.211. The average molecular weight is 638 g/mol. The van der Waals surface area contributed by atoms with Crippen molar-refractivity contribution < 1.29 is 13.6 Å². The Hall–Kier alpha value is -2.24. The predicted molar refractivity (Wildman–Crippen MR) is 176 cm³/mol. The first-order valence-corrected chi connectivity index (χ1v) is 17.5. The zero-order chi connectivity index (χ0) is 31.7. The molecule has 3 aliphatic rings. The summed E-state index contributed by atoms with van der Waals surface area (Å²) in [6, 6.07) is 14.9. The summed E-state index contributed by atoms with van der Waals surface area (Å²) in [5, 5.41) is 9.56. The zero-order valence-corrected chi connectivity index (χ0v) is 27.9. The molecule has 45 heavy (non-hydrogen) atoms. The molecular weight excluding hydrogens is 587 g/mol. The van der Waals surface area contributed by atoms with Crippen LogP contribution in [0.5, 0.6) is 0 Å². The summed E-state index contributed by atoms with van der Waals surface area (Å²) in [5.74, 6) is -3.18. The van der Waals surface area contributed by atoms with E-state index >= 15 is 0 Å². The zero-order valence-electron chi connectivity index (χ0n) is 26.9. The molecule has 1 saturated heterocycles. The third-order valence-electron chi connectivity index (χ3n) is 10.0. The number of rotatable bonds is 14. The molecule has 1 saturated carbocycles. The highest BCUT2D eigenvalue weighted by atomic mass is 28.1. The van der Waals surface area contributed by atoms with E-state index in [-0.39, 0.29) is 37.5 Å². The van der Waals surface area contributed by atoms with Gasteiger partial charge in [0.05, 0.1) is 22.0 Å². The van der Waals surface area contributed by atoms with Crippen LogP contribution >= 0.6 is 0 Å². The van der Waals surface area contributed by atoms with E-state index in [0.29, 0.717) is 18.5 Å². The molecule has 1 aliphatic heterocycles. The SMILES string of the molecule is CNCCCCN(C[C@H]1CN(CCC([Si])(NC(=O)C2CCC(F)(F)CC2)c2ccccc2)CCN1)[C@H]1CCCc2cccnc21. The smallest absolute Gasteiger partial charge is 0.248 e. The van der Waals surface area contributed by atoms with Gasteiger partial charge in [0.15, 0.2) is 0 Å². The van der Waals surface area contributed by atoms with Crippen molar-refractivity contribution in [3.63, 3.8) is 0 Å². The number of alkyl halides is 2. The molecule has 1 aromatic carbocycles. The molecule has 0 bridgehead atoms. The van der Waals surface area contributed by atoms with Crippen LogP contribution in [0.4, 0.5) is 8.78 Å². The first-order valence-electron chi connectivity index (χ1n) is 17.0. The van der Waals surface area contributed by atoms with Crippen LogP contribution in [0.25, 0.3) is 0 Å². The van der Waals surface area contributed by atoms with Gasteiger partial charge in [0.2, 0.25) is 11.8 Å². The van der Waals surface area contributed by atoms with Gasteiger partial charge in [-0.3, -0.25) is 14.7 Å². The van der Waals surface area contributed by atoms with E-state index in [0.717, 1.165) is 77.1 Å². The molecule has 1 unspecified atom stereocenters. The molecule has 2 aliphatic carbocycles. The molecule has 2 aromatic rings. The molecule has 1 aromatic heterocycles. The van der Waals surface area contributed by atoms with Gasteiger partial charge in [-0.1, -0.05) is 36.4 Å². The highest BCUT2D eigenvalue weighted by Crippen LogP contribution is 2.37. The van der Waals surface area contributed by atoms with Crippen LogP contribution in [-0.2, 0) is 16.4 Å². The topological polar surface area (TPSA) is 72.5 Å². The fourth-order valence-corrected chi connectivity index (χ4v) is 7.78. The molecule has 2 heterocycles. The number of fused-ring (bicyclic) bond motifs is 1. The van der Waals surface area contributed by atoms with E-state index in [9.17, 15) is 13.6 Å². The highest BCUT2D eigenvalue weighted by molar-refractivity contribution is 6.17. The van der Waals surface area contributed by atoms with Crippen LogP contribution in [0.15, 0.2) is 48.7 Å². The summed E-state index contributed by atoms with van der Waals surface area (Å²) in [6.45, 7) is 6.64. The summed E-state index contributed by atoms with van der Waals surface area (Å²) < 4.78 is 27.6. The monoisotopic (exact) mass is 637 g/mol. The van der Waals surface area contributed by atoms with Gasteiger partial charge in [0, 0.05) is 68.9 Å². The number of benzene rings is 1. The lowest BCUT2D eigenvalue weighted by atomic mass is 9.86. The number of carbonyl (C=O) groups excluding carboxylic acids is 1. The number of nitrogens with one attached hydrogen (secondary N) is 3. The minimum atomic E-state index is -2.65. The molecule has 2 fully saturated rings. The van der Waals surface area contributed by atoms with Crippen molar-refractivity contribution in [2.24, 2.45) is 5.92 Å². The van der Waals surface area contributed by atoms with Gasteiger partial charge < -0.3 is 20.9 Å². The lowest BCUT2D eigenvalue weighted by Crippen LogP contribution is -2.57. The predicted octanol–water partition coefficient (Wildman–Crippen LogP) is 4.39. The van der Waals surface area contributed by atoms with Crippen LogP contribution in [-0.4, -0.2) is 95.8 Å².